The first-order chi connectivity index (χ1) is 6.20. The van der Waals surface area contributed by atoms with Crippen molar-refractivity contribution in [1.82, 2.24) is 9.97 Å². The summed E-state index contributed by atoms with van der Waals surface area (Å²) in [6.45, 7) is 4.40. The van der Waals surface area contributed by atoms with Gasteiger partial charge in [0.15, 0.2) is 0 Å². The summed E-state index contributed by atoms with van der Waals surface area (Å²) in [4.78, 5) is 8.08. The minimum Gasteiger partial charge on any atom is -0.377 e. The topological polar surface area (TPSA) is 61.0 Å². The van der Waals surface area contributed by atoms with Gasteiger partial charge >= 0.3 is 0 Å². The Labute approximate surface area is 78.1 Å². The van der Waals surface area contributed by atoms with Gasteiger partial charge in [0, 0.05) is 12.4 Å². The highest BCUT2D eigenvalue weighted by atomic mass is 16.5. The second-order valence-corrected chi connectivity index (χ2v) is 3.10. The minimum absolute atomic E-state index is 0.190. The summed E-state index contributed by atoms with van der Waals surface area (Å²) < 4.78 is 5.35. The Bertz CT molecular complexity index is 238. The van der Waals surface area contributed by atoms with Crippen LogP contribution in [0.2, 0.25) is 0 Å². The van der Waals surface area contributed by atoms with Gasteiger partial charge in [0.05, 0.1) is 18.8 Å². The van der Waals surface area contributed by atoms with Crippen LogP contribution in [0.15, 0.2) is 18.5 Å². The van der Waals surface area contributed by atoms with Crippen molar-refractivity contribution >= 4 is 0 Å². The van der Waals surface area contributed by atoms with Crippen LogP contribution in [0.1, 0.15) is 25.7 Å². The number of ether oxygens (including phenoxy) is 1. The summed E-state index contributed by atoms with van der Waals surface area (Å²) in [7, 11) is 0. The van der Waals surface area contributed by atoms with Crippen molar-refractivity contribution < 1.29 is 4.74 Å². The lowest BCUT2D eigenvalue weighted by Crippen LogP contribution is -2.21. The highest BCUT2D eigenvalue weighted by molar-refractivity contribution is 4.94. The van der Waals surface area contributed by atoms with Crippen LogP contribution in [0, 0.1) is 0 Å². The molecule has 0 spiro atoms. The Morgan fingerprint density at radius 2 is 2.00 bits per heavy atom. The Morgan fingerprint density at radius 1 is 1.38 bits per heavy atom. The second-order valence-electron chi connectivity index (χ2n) is 3.10. The quantitative estimate of drug-likeness (QED) is 0.749. The first-order valence-corrected chi connectivity index (χ1v) is 4.34. The molecule has 1 aromatic heterocycles. The molecule has 4 nitrogen and oxygen atoms in total. The zero-order valence-electron chi connectivity index (χ0n) is 7.97. The van der Waals surface area contributed by atoms with Crippen molar-refractivity contribution in [2.45, 2.75) is 26.0 Å². The molecule has 0 fully saturated rings. The SMILES string of the molecule is CC(C)OCC(N)c1ncccn1. The first-order valence-electron chi connectivity index (χ1n) is 4.34. The normalized spacial score (nSPS) is 13.2. The summed E-state index contributed by atoms with van der Waals surface area (Å²) in [5.74, 6) is 0.628. The fourth-order valence-corrected chi connectivity index (χ4v) is 0.873. The van der Waals surface area contributed by atoms with Gasteiger partial charge in [-0.2, -0.15) is 0 Å². The smallest absolute Gasteiger partial charge is 0.147 e. The number of nitrogens with two attached hydrogens (primary N) is 1. The van der Waals surface area contributed by atoms with E-state index >= 15 is 0 Å². The average Bonchev–Trinajstić information content (AvgIpc) is 2.15. The molecule has 0 bridgehead atoms. The molecule has 1 unspecified atom stereocenters. The van der Waals surface area contributed by atoms with Crippen molar-refractivity contribution in [1.29, 1.82) is 0 Å². The van der Waals surface area contributed by atoms with Crippen LogP contribution in [-0.4, -0.2) is 22.7 Å². The molecule has 1 heterocycles. The molecule has 1 aromatic rings. The van der Waals surface area contributed by atoms with Crippen LogP contribution < -0.4 is 5.73 Å². The highest BCUT2D eigenvalue weighted by Gasteiger charge is 2.08. The van der Waals surface area contributed by atoms with Crippen LogP contribution in [0.25, 0.3) is 0 Å². The van der Waals surface area contributed by atoms with Crippen LogP contribution in [0.5, 0.6) is 0 Å². The van der Waals surface area contributed by atoms with Gasteiger partial charge in [-0.3, -0.25) is 0 Å². The van der Waals surface area contributed by atoms with Crippen LogP contribution in [0.3, 0.4) is 0 Å². The summed E-state index contributed by atoms with van der Waals surface area (Å²) >= 11 is 0. The molecule has 0 saturated heterocycles. The van der Waals surface area contributed by atoms with Gasteiger partial charge in [-0.1, -0.05) is 0 Å². The van der Waals surface area contributed by atoms with Gasteiger partial charge in [-0.25, -0.2) is 9.97 Å². The largest absolute Gasteiger partial charge is 0.377 e. The van der Waals surface area contributed by atoms with Crippen molar-refractivity contribution in [2.75, 3.05) is 6.61 Å². The summed E-state index contributed by atoms with van der Waals surface area (Å²) in [5, 5.41) is 0. The molecule has 1 rings (SSSR count). The molecule has 0 amide bonds. The fraction of sp³-hybridized carbons (Fsp3) is 0.556. The fourth-order valence-electron chi connectivity index (χ4n) is 0.873. The Hall–Kier alpha value is -1.00. The maximum Gasteiger partial charge on any atom is 0.147 e. The van der Waals surface area contributed by atoms with Crippen molar-refractivity contribution in [3.8, 4) is 0 Å². The zero-order chi connectivity index (χ0) is 9.68. The van der Waals surface area contributed by atoms with Gasteiger partial charge in [0.25, 0.3) is 0 Å². The van der Waals surface area contributed by atoms with Crippen molar-refractivity contribution in [3.63, 3.8) is 0 Å². The van der Waals surface area contributed by atoms with E-state index in [-0.39, 0.29) is 12.1 Å². The maximum absolute atomic E-state index is 5.79. The highest BCUT2D eigenvalue weighted by Crippen LogP contribution is 2.03. The molecule has 0 aliphatic rings. The molecule has 2 N–H and O–H groups in total. The zero-order valence-corrected chi connectivity index (χ0v) is 7.97. The average molecular weight is 181 g/mol. The molecule has 0 aliphatic carbocycles. The van der Waals surface area contributed by atoms with Crippen molar-refractivity contribution in [3.05, 3.63) is 24.3 Å². The third-order valence-corrected chi connectivity index (χ3v) is 1.53. The third kappa shape index (κ3) is 3.48. The lowest BCUT2D eigenvalue weighted by atomic mass is 10.3. The first kappa shape index (κ1) is 10.1. The number of hydrogen-bond donors (Lipinski definition) is 1. The van der Waals surface area contributed by atoms with Gasteiger partial charge < -0.3 is 10.5 Å². The molecule has 0 aromatic carbocycles. The Kier molecular flexibility index (Phi) is 3.79. The van der Waals surface area contributed by atoms with Crippen molar-refractivity contribution in [2.24, 2.45) is 5.73 Å². The van der Waals surface area contributed by atoms with Gasteiger partial charge in [0.2, 0.25) is 0 Å². The minimum atomic E-state index is -0.233. The lowest BCUT2D eigenvalue weighted by molar-refractivity contribution is 0.0669. The van der Waals surface area contributed by atoms with Gasteiger partial charge in [-0.05, 0) is 19.9 Å². The molecule has 4 heteroatoms. The van der Waals surface area contributed by atoms with Crippen LogP contribution in [-0.2, 0) is 4.74 Å². The lowest BCUT2D eigenvalue weighted by Gasteiger charge is -2.12. The Balaban J connectivity index is 2.44. The van der Waals surface area contributed by atoms with E-state index < -0.39 is 0 Å². The predicted octanol–water partition coefficient (Wildman–Crippen LogP) is 0.901. The number of nitrogens with zero attached hydrogens (tertiary/aromatic N) is 2. The van der Waals surface area contributed by atoms with Crippen LogP contribution >= 0.6 is 0 Å². The number of hydrogen-bond acceptors (Lipinski definition) is 4. The molecular weight excluding hydrogens is 166 g/mol. The van der Waals surface area contributed by atoms with Gasteiger partial charge in [0.1, 0.15) is 5.82 Å². The number of aromatic nitrogens is 2. The molecule has 0 saturated carbocycles. The summed E-state index contributed by atoms with van der Waals surface area (Å²) in [6, 6.07) is 1.53. The van der Waals surface area contributed by atoms with E-state index in [0.717, 1.165) is 0 Å². The maximum atomic E-state index is 5.79. The molecule has 72 valence electrons. The molecule has 0 radical (unpaired) electrons. The van der Waals surface area contributed by atoms with E-state index in [0.29, 0.717) is 12.4 Å². The van der Waals surface area contributed by atoms with E-state index in [2.05, 4.69) is 9.97 Å². The molecule has 1 atom stereocenters. The van der Waals surface area contributed by atoms with E-state index in [1.165, 1.54) is 0 Å². The Morgan fingerprint density at radius 3 is 2.54 bits per heavy atom. The van der Waals surface area contributed by atoms with E-state index in [1.807, 2.05) is 13.8 Å². The monoisotopic (exact) mass is 181 g/mol. The van der Waals surface area contributed by atoms with E-state index in [4.69, 9.17) is 10.5 Å². The van der Waals surface area contributed by atoms with Crippen LogP contribution in [0.4, 0.5) is 0 Å². The summed E-state index contributed by atoms with van der Waals surface area (Å²) in [5.41, 5.74) is 5.79. The second kappa shape index (κ2) is 4.89. The standard InChI is InChI=1S/C9H15N3O/c1-7(2)13-6-8(10)9-11-4-3-5-12-9/h3-5,7-8H,6,10H2,1-2H3. The van der Waals surface area contributed by atoms with E-state index in [9.17, 15) is 0 Å². The van der Waals surface area contributed by atoms with Gasteiger partial charge in [-0.15, -0.1) is 0 Å². The molecule has 0 aliphatic heterocycles. The third-order valence-electron chi connectivity index (χ3n) is 1.53. The molecule has 13 heavy (non-hydrogen) atoms. The van der Waals surface area contributed by atoms with E-state index in [1.54, 1.807) is 18.5 Å². The molecular formula is C9H15N3O. The predicted molar refractivity (Wildman–Crippen MR) is 50.0 cm³/mol. The number of rotatable bonds is 4. The summed E-state index contributed by atoms with van der Waals surface area (Å²) in [6.07, 6.45) is 3.55.